The fourth-order valence-electron chi connectivity index (χ4n) is 1.81. The van der Waals surface area contributed by atoms with E-state index in [4.69, 9.17) is 0 Å². The van der Waals surface area contributed by atoms with Gasteiger partial charge in [0.1, 0.15) is 0 Å². The molecule has 0 amide bonds. The lowest BCUT2D eigenvalue weighted by atomic mass is 9.83. The Morgan fingerprint density at radius 2 is 1.62 bits per heavy atom. The van der Waals surface area contributed by atoms with Crippen LogP contribution in [-0.2, 0) is 0 Å². The molecule has 16 heavy (non-hydrogen) atoms. The average Bonchev–Trinajstić information content (AvgIpc) is 2.17. The lowest BCUT2D eigenvalue weighted by Crippen LogP contribution is -2.51. The number of nitrogens with zero attached hydrogens (tertiary/aromatic N) is 1. The van der Waals surface area contributed by atoms with Crippen LogP contribution in [0.25, 0.3) is 0 Å². The fraction of sp³-hybridized carbons (Fsp3) is 1.00. The van der Waals surface area contributed by atoms with Crippen molar-refractivity contribution in [2.75, 3.05) is 20.1 Å². The Hall–Kier alpha value is -0.0800. The van der Waals surface area contributed by atoms with E-state index in [0.29, 0.717) is 17.0 Å². The zero-order valence-corrected chi connectivity index (χ0v) is 12.6. The van der Waals surface area contributed by atoms with Crippen LogP contribution in [0.5, 0.6) is 0 Å². The Kier molecular flexibility index (Phi) is 5.99. The molecule has 0 bridgehead atoms. The summed E-state index contributed by atoms with van der Waals surface area (Å²) in [5, 5.41) is 3.53. The molecule has 0 heterocycles. The van der Waals surface area contributed by atoms with Crippen LogP contribution in [0, 0.1) is 5.41 Å². The Balaban J connectivity index is 4.46. The van der Waals surface area contributed by atoms with Gasteiger partial charge in [-0.2, -0.15) is 0 Å². The molecule has 0 aliphatic carbocycles. The molecule has 0 rings (SSSR count). The minimum absolute atomic E-state index is 0.295. The maximum Gasteiger partial charge on any atom is 0.0147 e. The van der Waals surface area contributed by atoms with Crippen LogP contribution in [0.1, 0.15) is 54.9 Å². The number of nitrogens with one attached hydrogen (secondary N) is 1. The smallest absolute Gasteiger partial charge is 0.0147 e. The van der Waals surface area contributed by atoms with Crippen LogP contribution < -0.4 is 5.32 Å². The topological polar surface area (TPSA) is 15.3 Å². The second-order valence-electron chi connectivity index (χ2n) is 6.29. The van der Waals surface area contributed by atoms with Gasteiger partial charge in [0.15, 0.2) is 0 Å². The molecule has 1 N–H and O–H groups in total. The van der Waals surface area contributed by atoms with E-state index in [1.54, 1.807) is 0 Å². The Morgan fingerprint density at radius 1 is 1.12 bits per heavy atom. The largest absolute Gasteiger partial charge is 0.314 e. The molecule has 0 spiro atoms. The van der Waals surface area contributed by atoms with Crippen LogP contribution in [0.2, 0.25) is 0 Å². The van der Waals surface area contributed by atoms with Crippen LogP contribution in [0.15, 0.2) is 0 Å². The SMILES string of the molecule is CCNC(C)C(C)(C)CN(C)C(C)(C)CC. The summed E-state index contributed by atoms with van der Waals surface area (Å²) in [7, 11) is 2.24. The molecule has 0 aliphatic heterocycles. The zero-order chi connectivity index (χ0) is 13.0. The molecule has 98 valence electrons. The monoisotopic (exact) mass is 228 g/mol. The number of hydrogen-bond acceptors (Lipinski definition) is 2. The maximum absolute atomic E-state index is 3.53. The zero-order valence-electron chi connectivity index (χ0n) is 12.6. The Morgan fingerprint density at radius 3 is 2.00 bits per heavy atom. The molecule has 0 aromatic carbocycles. The Labute approximate surface area is 103 Å². The van der Waals surface area contributed by atoms with E-state index < -0.39 is 0 Å². The van der Waals surface area contributed by atoms with Crippen molar-refractivity contribution < 1.29 is 0 Å². The summed E-state index contributed by atoms with van der Waals surface area (Å²) in [6.07, 6.45) is 1.19. The van der Waals surface area contributed by atoms with Crippen molar-refractivity contribution in [1.29, 1.82) is 0 Å². The van der Waals surface area contributed by atoms with Crippen LogP contribution in [-0.4, -0.2) is 36.6 Å². The predicted molar refractivity (Wildman–Crippen MR) is 73.9 cm³/mol. The van der Waals surface area contributed by atoms with Gasteiger partial charge in [-0.1, -0.05) is 27.7 Å². The van der Waals surface area contributed by atoms with Crippen LogP contribution >= 0.6 is 0 Å². The van der Waals surface area contributed by atoms with E-state index in [1.807, 2.05) is 0 Å². The highest BCUT2D eigenvalue weighted by molar-refractivity contribution is 4.87. The van der Waals surface area contributed by atoms with E-state index in [0.717, 1.165) is 13.1 Å². The van der Waals surface area contributed by atoms with E-state index >= 15 is 0 Å². The van der Waals surface area contributed by atoms with Crippen molar-refractivity contribution >= 4 is 0 Å². The van der Waals surface area contributed by atoms with Gasteiger partial charge >= 0.3 is 0 Å². The van der Waals surface area contributed by atoms with Gasteiger partial charge in [0, 0.05) is 18.1 Å². The third-order valence-electron chi connectivity index (χ3n) is 4.23. The molecule has 0 saturated heterocycles. The number of hydrogen-bond donors (Lipinski definition) is 1. The first kappa shape index (κ1) is 15.9. The summed E-state index contributed by atoms with van der Waals surface area (Å²) in [4.78, 5) is 2.49. The highest BCUT2D eigenvalue weighted by atomic mass is 15.2. The first-order chi connectivity index (χ1) is 7.17. The molecule has 1 unspecified atom stereocenters. The third kappa shape index (κ3) is 4.42. The Bertz CT molecular complexity index is 197. The van der Waals surface area contributed by atoms with Gasteiger partial charge in [0.25, 0.3) is 0 Å². The van der Waals surface area contributed by atoms with Gasteiger partial charge in [-0.15, -0.1) is 0 Å². The van der Waals surface area contributed by atoms with Gasteiger partial charge in [0.2, 0.25) is 0 Å². The third-order valence-corrected chi connectivity index (χ3v) is 4.23. The lowest BCUT2D eigenvalue weighted by molar-refractivity contribution is 0.0810. The molecule has 0 saturated carbocycles. The summed E-state index contributed by atoms with van der Waals surface area (Å²) in [5.41, 5.74) is 0.598. The van der Waals surface area contributed by atoms with Gasteiger partial charge in [-0.3, -0.25) is 0 Å². The molecule has 1 atom stereocenters. The maximum atomic E-state index is 3.53. The van der Waals surface area contributed by atoms with Gasteiger partial charge < -0.3 is 10.2 Å². The predicted octanol–water partition coefficient (Wildman–Crippen LogP) is 3.13. The summed E-state index contributed by atoms with van der Waals surface area (Å²) >= 11 is 0. The number of rotatable bonds is 7. The van der Waals surface area contributed by atoms with Crippen LogP contribution in [0.4, 0.5) is 0 Å². The molecule has 2 nitrogen and oxygen atoms in total. The first-order valence-electron chi connectivity index (χ1n) is 6.62. The van der Waals surface area contributed by atoms with Crippen LogP contribution in [0.3, 0.4) is 0 Å². The van der Waals surface area contributed by atoms with Crippen molar-refractivity contribution in [3.8, 4) is 0 Å². The van der Waals surface area contributed by atoms with Crippen molar-refractivity contribution in [1.82, 2.24) is 10.2 Å². The summed E-state index contributed by atoms with van der Waals surface area (Å²) in [6, 6.07) is 0.549. The van der Waals surface area contributed by atoms with E-state index in [2.05, 4.69) is 65.7 Å². The first-order valence-corrected chi connectivity index (χ1v) is 6.62. The normalized spacial score (nSPS) is 15.6. The average molecular weight is 228 g/mol. The fourth-order valence-corrected chi connectivity index (χ4v) is 1.81. The second kappa shape index (κ2) is 6.02. The molecule has 0 aromatic rings. The standard InChI is InChI=1S/C14H32N2/c1-9-14(6,7)16(8)11-13(4,5)12(3)15-10-2/h12,15H,9-11H2,1-8H3. The molecule has 2 heteroatoms. The molecule has 0 aromatic heterocycles. The highest BCUT2D eigenvalue weighted by Gasteiger charge is 2.31. The molecule has 0 aliphatic rings. The van der Waals surface area contributed by atoms with E-state index in [1.165, 1.54) is 6.42 Å². The van der Waals surface area contributed by atoms with Crippen molar-refractivity contribution in [2.45, 2.75) is 66.5 Å². The lowest BCUT2D eigenvalue weighted by Gasteiger charge is -2.42. The van der Waals surface area contributed by atoms with Gasteiger partial charge in [-0.05, 0) is 46.2 Å². The van der Waals surface area contributed by atoms with Gasteiger partial charge in [0.05, 0.1) is 0 Å². The molecule has 0 radical (unpaired) electrons. The molecule has 0 fully saturated rings. The molecular weight excluding hydrogens is 196 g/mol. The minimum atomic E-state index is 0.295. The van der Waals surface area contributed by atoms with E-state index in [-0.39, 0.29) is 0 Å². The quantitative estimate of drug-likeness (QED) is 0.720. The minimum Gasteiger partial charge on any atom is -0.314 e. The summed E-state index contributed by atoms with van der Waals surface area (Å²) in [6.45, 7) is 18.2. The van der Waals surface area contributed by atoms with Crippen molar-refractivity contribution in [3.05, 3.63) is 0 Å². The van der Waals surface area contributed by atoms with E-state index in [9.17, 15) is 0 Å². The van der Waals surface area contributed by atoms with Crippen molar-refractivity contribution in [3.63, 3.8) is 0 Å². The second-order valence-corrected chi connectivity index (χ2v) is 6.29. The highest BCUT2D eigenvalue weighted by Crippen LogP contribution is 2.26. The van der Waals surface area contributed by atoms with Crippen molar-refractivity contribution in [2.24, 2.45) is 5.41 Å². The molecular formula is C14H32N2. The summed E-state index contributed by atoms with van der Waals surface area (Å²) < 4.78 is 0. The summed E-state index contributed by atoms with van der Waals surface area (Å²) in [5.74, 6) is 0. The van der Waals surface area contributed by atoms with Gasteiger partial charge in [-0.25, -0.2) is 0 Å².